The first-order chi connectivity index (χ1) is 13.7. The summed E-state index contributed by atoms with van der Waals surface area (Å²) in [6.07, 6.45) is 0.00858. The van der Waals surface area contributed by atoms with E-state index in [0.717, 1.165) is 18.6 Å². The summed E-state index contributed by atoms with van der Waals surface area (Å²) in [6.45, 7) is 1.42. The van der Waals surface area contributed by atoms with Gasteiger partial charge in [-0.3, -0.25) is 9.78 Å². The predicted molar refractivity (Wildman–Crippen MR) is 98.9 cm³/mol. The second-order valence-corrected chi connectivity index (χ2v) is 6.54. The third-order valence-corrected chi connectivity index (χ3v) is 4.27. The second kappa shape index (κ2) is 10.1. The number of carbonyl (C=O) groups is 2. The van der Waals surface area contributed by atoms with Crippen molar-refractivity contribution in [1.29, 1.82) is 0 Å². The first kappa shape index (κ1) is 22.5. The van der Waals surface area contributed by atoms with E-state index in [-0.39, 0.29) is 12.0 Å². The molecule has 156 valence electrons. The standard InChI is InChI=1S/C17H17ClN2O2.C2HF3O2/c18-14-1-3-15(4-2-14)22-16-7-11-20(12-8-16)17(21)13-5-9-19-10-6-13;3-2(4,5)1(6)7/h1-6,9-10,16H,7-8,11-12H2;(H,6,7). The molecule has 0 saturated carbocycles. The van der Waals surface area contributed by atoms with Crippen molar-refractivity contribution in [3.8, 4) is 5.75 Å². The molecule has 1 saturated heterocycles. The maximum Gasteiger partial charge on any atom is 0.490 e. The Hall–Kier alpha value is -2.81. The molecule has 0 atom stereocenters. The number of aromatic nitrogens is 1. The van der Waals surface area contributed by atoms with Crippen LogP contribution in [0.15, 0.2) is 48.8 Å². The fraction of sp³-hybridized carbons (Fsp3) is 0.316. The monoisotopic (exact) mass is 430 g/mol. The van der Waals surface area contributed by atoms with E-state index in [9.17, 15) is 18.0 Å². The largest absolute Gasteiger partial charge is 0.490 e. The summed E-state index contributed by atoms with van der Waals surface area (Å²) >= 11 is 5.86. The molecular formula is C19H18ClF3N2O4. The summed E-state index contributed by atoms with van der Waals surface area (Å²) in [6, 6.07) is 10.9. The summed E-state index contributed by atoms with van der Waals surface area (Å²) in [4.78, 5) is 27.1. The van der Waals surface area contributed by atoms with Gasteiger partial charge in [-0.15, -0.1) is 0 Å². The number of carbonyl (C=O) groups excluding carboxylic acids is 1. The molecule has 0 bridgehead atoms. The molecule has 1 aromatic carbocycles. The van der Waals surface area contributed by atoms with Crippen molar-refractivity contribution in [2.24, 2.45) is 0 Å². The highest BCUT2D eigenvalue weighted by atomic mass is 35.5. The van der Waals surface area contributed by atoms with E-state index in [1.54, 1.807) is 24.5 Å². The summed E-state index contributed by atoms with van der Waals surface area (Å²) in [5.41, 5.74) is 0.687. The Morgan fingerprint density at radius 2 is 1.59 bits per heavy atom. The van der Waals surface area contributed by atoms with E-state index in [4.69, 9.17) is 26.2 Å². The number of nitrogens with zero attached hydrogens (tertiary/aromatic N) is 2. The topological polar surface area (TPSA) is 79.7 Å². The fourth-order valence-corrected chi connectivity index (χ4v) is 2.69. The molecule has 29 heavy (non-hydrogen) atoms. The van der Waals surface area contributed by atoms with Gasteiger partial charge in [0, 0.05) is 48.9 Å². The lowest BCUT2D eigenvalue weighted by molar-refractivity contribution is -0.192. The van der Waals surface area contributed by atoms with Crippen LogP contribution in [0.25, 0.3) is 0 Å². The molecule has 3 rings (SSSR count). The normalized spacial score (nSPS) is 14.6. The number of piperidine rings is 1. The number of likely N-dealkylation sites (tertiary alicyclic amines) is 1. The minimum absolute atomic E-state index is 0.0624. The fourth-order valence-electron chi connectivity index (χ4n) is 2.56. The molecule has 1 aromatic heterocycles. The lowest BCUT2D eigenvalue weighted by Gasteiger charge is -2.32. The van der Waals surface area contributed by atoms with Gasteiger partial charge >= 0.3 is 12.1 Å². The van der Waals surface area contributed by atoms with Gasteiger partial charge in [0.25, 0.3) is 5.91 Å². The Kier molecular flexibility index (Phi) is 7.83. The van der Waals surface area contributed by atoms with Crippen LogP contribution in [0.2, 0.25) is 5.02 Å². The molecule has 1 amide bonds. The van der Waals surface area contributed by atoms with E-state index in [1.807, 2.05) is 29.2 Å². The van der Waals surface area contributed by atoms with Crippen molar-refractivity contribution in [2.45, 2.75) is 25.1 Å². The molecular weight excluding hydrogens is 413 g/mol. The molecule has 0 spiro atoms. The number of hydrogen-bond donors (Lipinski definition) is 1. The minimum atomic E-state index is -5.08. The quantitative estimate of drug-likeness (QED) is 0.794. The van der Waals surface area contributed by atoms with E-state index in [0.29, 0.717) is 23.7 Å². The number of rotatable bonds is 3. The van der Waals surface area contributed by atoms with Crippen LogP contribution >= 0.6 is 11.6 Å². The lowest BCUT2D eigenvalue weighted by atomic mass is 10.1. The van der Waals surface area contributed by atoms with Gasteiger partial charge in [0.1, 0.15) is 11.9 Å². The zero-order valence-electron chi connectivity index (χ0n) is 15.1. The number of ether oxygens (including phenoxy) is 1. The first-order valence-electron chi connectivity index (χ1n) is 8.58. The van der Waals surface area contributed by atoms with E-state index < -0.39 is 12.1 Å². The Balaban J connectivity index is 0.000000370. The van der Waals surface area contributed by atoms with Crippen LogP contribution < -0.4 is 4.74 Å². The maximum atomic E-state index is 12.3. The second-order valence-electron chi connectivity index (χ2n) is 6.10. The van der Waals surface area contributed by atoms with Gasteiger partial charge < -0.3 is 14.7 Å². The number of hydrogen-bond acceptors (Lipinski definition) is 4. The van der Waals surface area contributed by atoms with Gasteiger partial charge in [-0.05, 0) is 36.4 Å². The summed E-state index contributed by atoms with van der Waals surface area (Å²) in [7, 11) is 0. The highest BCUT2D eigenvalue weighted by molar-refractivity contribution is 6.30. The molecule has 1 aliphatic heterocycles. The average Bonchev–Trinajstić information content (AvgIpc) is 2.70. The molecule has 0 aliphatic carbocycles. The van der Waals surface area contributed by atoms with Crippen LogP contribution in [0.3, 0.4) is 0 Å². The zero-order valence-corrected chi connectivity index (χ0v) is 15.9. The Bertz CT molecular complexity index is 808. The Labute approximate surface area is 169 Å². The molecule has 10 heteroatoms. The molecule has 0 radical (unpaired) electrons. The molecule has 1 N–H and O–H groups in total. The van der Waals surface area contributed by atoms with Crippen LogP contribution in [0, 0.1) is 0 Å². The van der Waals surface area contributed by atoms with Gasteiger partial charge in [-0.1, -0.05) is 11.6 Å². The van der Waals surface area contributed by atoms with Gasteiger partial charge in [-0.25, -0.2) is 4.79 Å². The molecule has 6 nitrogen and oxygen atoms in total. The van der Waals surface area contributed by atoms with Gasteiger partial charge in [0.2, 0.25) is 0 Å². The van der Waals surface area contributed by atoms with Gasteiger partial charge in [0.05, 0.1) is 0 Å². The molecule has 1 aliphatic rings. The van der Waals surface area contributed by atoms with Crippen LogP contribution in [0.5, 0.6) is 5.75 Å². The molecule has 1 fully saturated rings. The highest BCUT2D eigenvalue weighted by Gasteiger charge is 2.38. The van der Waals surface area contributed by atoms with Gasteiger partial charge in [-0.2, -0.15) is 13.2 Å². The molecule has 2 heterocycles. The Morgan fingerprint density at radius 3 is 2.07 bits per heavy atom. The van der Waals surface area contributed by atoms with Crippen molar-refractivity contribution in [3.63, 3.8) is 0 Å². The van der Waals surface area contributed by atoms with Crippen molar-refractivity contribution in [1.82, 2.24) is 9.88 Å². The molecule has 0 unspecified atom stereocenters. The third-order valence-electron chi connectivity index (χ3n) is 4.02. The molecule has 2 aromatic rings. The Morgan fingerprint density at radius 1 is 1.07 bits per heavy atom. The smallest absolute Gasteiger partial charge is 0.490 e. The van der Waals surface area contributed by atoms with Crippen molar-refractivity contribution >= 4 is 23.5 Å². The number of aliphatic carboxylic acids is 1. The highest BCUT2D eigenvalue weighted by Crippen LogP contribution is 2.21. The van der Waals surface area contributed by atoms with Crippen LogP contribution in [0.4, 0.5) is 13.2 Å². The average molecular weight is 431 g/mol. The zero-order chi connectivity index (χ0) is 21.4. The number of benzene rings is 1. The summed E-state index contributed by atoms with van der Waals surface area (Å²) in [5, 5.41) is 7.82. The van der Waals surface area contributed by atoms with E-state index in [2.05, 4.69) is 4.98 Å². The number of halogens is 4. The summed E-state index contributed by atoms with van der Waals surface area (Å²) < 4.78 is 37.7. The number of carboxylic acid groups (broad SMARTS) is 1. The third kappa shape index (κ3) is 7.26. The van der Waals surface area contributed by atoms with E-state index >= 15 is 0 Å². The van der Waals surface area contributed by atoms with Crippen LogP contribution in [-0.4, -0.2) is 52.2 Å². The number of amides is 1. The van der Waals surface area contributed by atoms with Crippen LogP contribution in [0.1, 0.15) is 23.2 Å². The first-order valence-corrected chi connectivity index (χ1v) is 8.96. The maximum absolute atomic E-state index is 12.3. The SMILES string of the molecule is O=C(O)C(F)(F)F.O=C(c1ccncc1)N1CCC(Oc2ccc(Cl)cc2)CC1. The van der Waals surface area contributed by atoms with Gasteiger partial charge in [0.15, 0.2) is 0 Å². The number of pyridine rings is 1. The number of alkyl halides is 3. The number of carboxylic acids is 1. The predicted octanol–water partition coefficient (Wildman–Crippen LogP) is 4.05. The minimum Gasteiger partial charge on any atom is -0.490 e. The summed E-state index contributed by atoms with van der Waals surface area (Å²) in [5.74, 6) is -1.87. The lowest BCUT2D eigenvalue weighted by Crippen LogP contribution is -2.41. The van der Waals surface area contributed by atoms with Crippen LogP contribution in [-0.2, 0) is 4.79 Å². The van der Waals surface area contributed by atoms with E-state index in [1.165, 1.54) is 0 Å². The van der Waals surface area contributed by atoms with Crippen molar-refractivity contribution in [2.75, 3.05) is 13.1 Å². The van der Waals surface area contributed by atoms with Crippen molar-refractivity contribution < 1.29 is 32.6 Å². The van der Waals surface area contributed by atoms with Crippen molar-refractivity contribution in [3.05, 3.63) is 59.4 Å².